The number of aryl methyl sites for hydroxylation is 1. The van der Waals surface area contributed by atoms with Crippen LogP contribution >= 0.6 is 11.3 Å². The lowest BCUT2D eigenvalue weighted by Gasteiger charge is -2.23. The molecule has 208 valence electrons. The molecule has 0 unspecified atom stereocenters. The van der Waals surface area contributed by atoms with Crippen LogP contribution in [0.25, 0.3) is 39.0 Å². The smallest absolute Gasteiger partial charge is 0.176 e. The lowest BCUT2D eigenvalue weighted by Crippen LogP contribution is -2.28. The minimum atomic E-state index is -0.214. The Hall–Kier alpha value is -4.27. The Labute approximate surface area is 243 Å². The molecular weight excluding hydrogens is 531 g/mol. The van der Waals surface area contributed by atoms with E-state index in [1.165, 1.54) is 18.9 Å². The molecule has 0 radical (unpaired) electrons. The number of aromatic amines is 2. The number of aromatic nitrogens is 4. The van der Waals surface area contributed by atoms with Crippen molar-refractivity contribution in [1.29, 1.82) is 0 Å². The van der Waals surface area contributed by atoms with E-state index in [0.717, 1.165) is 97.4 Å². The second-order valence-corrected chi connectivity index (χ2v) is 11.6. The van der Waals surface area contributed by atoms with Crippen LogP contribution in [0.1, 0.15) is 35.4 Å². The number of fused-ring (bicyclic) bond motifs is 1. The second kappa shape index (κ2) is 11.7. The summed E-state index contributed by atoms with van der Waals surface area (Å²) in [5.41, 5.74) is 9.55. The number of halogens is 1. The van der Waals surface area contributed by atoms with Crippen LogP contribution in [0.5, 0.6) is 0 Å². The molecule has 1 aliphatic heterocycles. The fourth-order valence-corrected chi connectivity index (χ4v) is 6.37. The molecule has 1 aromatic carbocycles. The quantitative estimate of drug-likeness (QED) is 0.137. The second-order valence-electron chi connectivity index (χ2n) is 10.6. The van der Waals surface area contributed by atoms with Crippen molar-refractivity contribution >= 4 is 33.5 Å². The number of nitrogens with zero attached hydrogens (tertiary/aromatic N) is 2. The number of anilines is 1. The van der Waals surface area contributed by atoms with Crippen molar-refractivity contribution in [2.75, 3.05) is 18.4 Å². The highest BCUT2D eigenvalue weighted by atomic mass is 32.1. The zero-order valence-electron chi connectivity index (χ0n) is 23.1. The molecule has 4 N–H and O–H groups in total. The van der Waals surface area contributed by atoms with E-state index in [9.17, 15) is 4.39 Å². The minimum Gasteiger partial charge on any atom is -0.358 e. The summed E-state index contributed by atoms with van der Waals surface area (Å²) in [5.74, 6) is 0.668. The van der Waals surface area contributed by atoms with Gasteiger partial charge in [-0.25, -0.2) is 0 Å². The number of hydrogen-bond donors (Lipinski definition) is 4. The van der Waals surface area contributed by atoms with E-state index in [1.807, 2.05) is 31.5 Å². The van der Waals surface area contributed by atoms with Gasteiger partial charge in [0.05, 0.1) is 23.1 Å². The van der Waals surface area contributed by atoms with Crippen molar-refractivity contribution in [1.82, 2.24) is 25.5 Å². The van der Waals surface area contributed by atoms with Crippen LogP contribution < -0.4 is 10.6 Å². The van der Waals surface area contributed by atoms with Crippen molar-refractivity contribution in [3.63, 3.8) is 0 Å². The lowest BCUT2D eigenvalue weighted by atomic mass is 9.93. The van der Waals surface area contributed by atoms with Crippen LogP contribution in [0, 0.1) is 18.0 Å². The summed E-state index contributed by atoms with van der Waals surface area (Å²) < 4.78 is 13.8. The standard InChI is InChI=1S/C33H33FN6S/c1-4-5-26(31-8-9-32(34)41-31)27-17-30(38-21(27)3)33-28-16-23(6-7-29(28)39-40-33)24-15-25(19-36-18-24)37-20(2)14-22-10-12-35-13-11-22/h4-9,15-19,22,35,37-38H,1-2,10-14H2,3H3,(H,39,40)/b26-5+. The molecule has 0 spiro atoms. The number of piperidine rings is 1. The normalized spacial score (nSPS) is 14.4. The molecule has 6 nitrogen and oxygen atoms in total. The number of nitrogens with one attached hydrogen (secondary N) is 4. The average Bonchev–Trinajstić information content (AvgIpc) is 3.70. The molecule has 41 heavy (non-hydrogen) atoms. The van der Waals surface area contributed by atoms with E-state index in [0.29, 0.717) is 5.92 Å². The molecule has 4 aromatic heterocycles. The summed E-state index contributed by atoms with van der Waals surface area (Å²) in [6.45, 7) is 12.3. The van der Waals surface area contributed by atoms with Crippen LogP contribution in [0.4, 0.5) is 10.1 Å². The summed E-state index contributed by atoms with van der Waals surface area (Å²) in [7, 11) is 0. The van der Waals surface area contributed by atoms with Gasteiger partial charge in [-0.2, -0.15) is 9.49 Å². The first-order valence-corrected chi connectivity index (χ1v) is 14.7. The highest BCUT2D eigenvalue weighted by molar-refractivity contribution is 7.11. The van der Waals surface area contributed by atoms with Crippen LogP contribution in [-0.2, 0) is 0 Å². The lowest BCUT2D eigenvalue weighted by molar-refractivity contribution is 0.373. The fourth-order valence-electron chi connectivity index (χ4n) is 5.60. The SMILES string of the molecule is C=C/C=C(/c1ccc(F)s1)c1cc(-c2n[nH]c3ccc(-c4cncc(NC(=C)CC5CCNCC5)c4)cc23)[nH]c1C. The Morgan fingerprint density at radius 2 is 1.98 bits per heavy atom. The van der Waals surface area contributed by atoms with Crippen molar-refractivity contribution < 1.29 is 4.39 Å². The van der Waals surface area contributed by atoms with Crippen LogP contribution in [-0.4, -0.2) is 33.3 Å². The van der Waals surface area contributed by atoms with Crippen LogP contribution in [0.3, 0.4) is 0 Å². The Balaban J connectivity index is 1.28. The van der Waals surface area contributed by atoms with Gasteiger partial charge in [-0.05, 0) is 87.2 Å². The van der Waals surface area contributed by atoms with E-state index in [1.54, 1.807) is 12.1 Å². The number of hydrogen-bond acceptors (Lipinski definition) is 5. The zero-order chi connectivity index (χ0) is 28.3. The van der Waals surface area contributed by atoms with Gasteiger partial charge >= 0.3 is 0 Å². The van der Waals surface area contributed by atoms with Gasteiger partial charge in [0.25, 0.3) is 0 Å². The number of H-pyrrole nitrogens is 2. The monoisotopic (exact) mass is 564 g/mol. The van der Waals surface area contributed by atoms with E-state index in [-0.39, 0.29) is 5.13 Å². The zero-order valence-corrected chi connectivity index (χ0v) is 23.9. The minimum absolute atomic E-state index is 0.214. The number of allylic oxidation sites excluding steroid dienone is 3. The molecule has 1 fully saturated rings. The Kier molecular flexibility index (Phi) is 7.67. The number of pyridine rings is 1. The molecule has 8 heteroatoms. The number of rotatable bonds is 9. The predicted octanol–water partition coefficient (Wildman–Crippen LogP) is 8.06. The maximum Gasteiger partial charge on any atom is 0.176 e. The van der Waals surface area contributed by atoms with Gasteiger partial charge in [0.1, 0.15) is 5.69 Å². The largest absolute Gasteiger partial charge is 0.358 e. The van der Waals surface area contributed by atoms with Gasteiger partial charge in [-0.3, -0.25) is 10.1 Å². The maximum absolute atomic E-state index is 13.8. The highest BCUT2D eigenvalue weighted by Gasteiger charge is 2.18. The summed E-state index contributed by atoms with van der Waals surface area (Å²) in [6.07, 6.45) is 10.7. The van der Waals surface area contributed by atoms with Gasteiger partial charge in [0, 0.05) is 44.6 Å². The molecule has 1 aliphatic rings. The molecule has 0 bridgehead atoms. The number of benzene rings is 1. The molecule has 5 heterocycles. The molecular formula is C33H33FN6S. The molecule has 6 rings (SSSR count). The molecule has 0 atom stereocenters. The molecule has 5 aromatic rings. The summed E-state index contributed by atoms with van der Waals surface area (Å²) in [4.78, 5) is 8.86. The summed E-state index contributed by atoms with van der Waals surface area (Å²) >= 11 is 1.12. The van der Waals surface area contributed by atoms with Gasteiger partial charge in [-0.1, -0.05) is 31.4 Å². The Morgan fingerprint density at radius 1 is 1.12 bits per heavy atom. The van der Waals surface area contributed by atoms with E-state index >= 15 is 0 Å². The van der Waals surface area contributed by atoms with E-state index in [4.69, 9.17) is 0 Å². The summed E-state index contributed by atoms with van der Waals surface area (Å²) in [5, 5.41) is 15.5. The fraction of sp³-hybridized carbons (Fsp3) is 0.212. The first kappa shape index (κ1) is 26.9. The van der Waals surface area contributed by atoms with Crippen molar-refractivity contribution in [3.05, 3.63) is 107 Å². The van der Waals surface area contributed by atoms with Crippen molar-refractivity contribution in [2.24, 2.45) is 5.92 Å². The van der Waals surface area contributed by atoms with Gasteiger partial charge in [-0.15, -0.1) is 11.3 Å². The Morgan fingerprint density at radius 3 is 2.76 bits per heavy atom. The highest BCUT2D eigenvalue weighted by Crippen LogP contribution is 2.36. The first-order valence-electron chi connectivity index (χ1n) is 13.9. The maximum atomic E-state index is 13.8. The van der Waals surface area contributed by atoms with Gasteiger partial charge < -0.3 is 15.6 Å². The van der Waals surface area contributed by atoms with Gasteiger partial charge in [0.2, 0.25) is 0 Å². The molecule has 0 saturated carbocycles. The first-order chi connectivity index (χ1) is 20.0. The van der Waals surface area contributed by atoms with Crippen LogP contribution in [0.15, 0.2) is 85.9 Å². The molecule has 0 aliphatic carbocycles. The van der Waals surface area contributed by atoms with Crippen LogP contribution in [0.2, 0.25) is 0 Å². The topological polar surface area (TPSA) is 81.4 Å². The van der Waals surface area contributed by atoms with E-state index < -0.39 is 0 Å². The van der Waals surface area contributed by atoms with Crippen molar-refractivity contribution in [2.45, 2.75) is 26.2 Å². The third kappa shape index (κ3) is 5.80. The van der Waals surface area contributed by atoms with E-state index in [2.05, 4.69) is 68.2 Å². The average molecular weight is 565 g/mol. The molecule has 1 saturated heterocycles. The Bertz CT molecular complexity index is 1750. The summed E-state index contributed by atoms with van der Waals surface area (Å²) in [6, 6.07) is 13.8. The third-order valence-electron chi connectivity index (χ3n) is 7.63. The third-order valence-corrected chi connectivity index (χ3v) is 8.54. The predicted molar refractivity (Wildman–Crippen MR) is 168 cm³/mol. The molecule has 0 amide bonds. The number of thiophene rings is 1. The van der Waals surface area contributed by atoms with Crippen molar-refractivity contribution in [3.8, 4) is 22.5 Å². The van der Waals surface area contributed by atoms with Gasteiger partial charge in [0.15, 0.2) is 5.13 Å².